The summed E-state index contributed by atoms with van der Waals surface area (Å²) in [6.45, 7) is 3.87. The Morgan fingerprint density at radius 2 is 2.31 bits per heavy atom. The van der Waals surface area contributed by atoms with Crippen molar-refractivity contribution in [1.29, 1.82) is 0 Å². The predicted molar refractivity (Wildman–Crippen MR) is 50.6 cm³/mol. The molecule has 0 saturated carbocycles. The molecule has 3 nitrogen and oxygen atoms in total. The van der Waals surface area contributed by atoms with E-state index in [-0.39, 0.29) is 0 Å². The molecular weight excluding hydrogens is 166 g/mol. The van der Waals surface area contributed by atoms with Crippen LogP contribution in [0.15, 0.2) is 10.7 Å². The number of furan rings is 1. The van der Waals surface area contributed by atoms with Gasteiger partial charge >= 0.3 is 0 Å². The van der Waals surface area contributed by atoms with E-state index >= 15 is 0 Å². The summed E-state index contributed by atoms with van der Waals surface area (Å²) < 4.78 is 5.15. The highest BCUT2D eigenvalue weighted by Gasteiger charge is 2.14. The first-order chi connectivity index (χ1) is 6.16. The van der Waals surface area contributed by atoms with E-state index < -0.39 is 5.91 Å². The summed E-state index contributed by atoms with van der Waals surface area (Å²) in [6, 6.07) is 0. The third-order valence-corrected chi connectivity index (χ3v) is 2.10. The van der Waals surface area contributed by atoms with Crippen molar-refractivity contribution in [2.24, 2.45) is 5.73 Å². The van der Waals surface area contributed by atoms with Crippen molar-refractivity contribution in [1.82, 2.24) is 0 Å². The van der Waals surface area contributed by atoms with E-state index in [9.17, 15) is 4.79 Å². The van der Waals surface area contributed by atoms with Crippen molar-refractivity contribution in [3.63, 3.8) is 0 Å². The lowest BCUT2D eigenvalue weighted by atomic mass is 10.1. The monoisotopic (exact) mass is 181 g/mol. The molecule has 0 atom stereocenters. The summed E-state index contributed by atoms with van der Waals surface area (Å²) in [4.78, 5) is 11.0. The average molecular weight is 181 g/mol. The highest BCUT2D eigenvalue weighted by molar-refractivity contribution is 5.95. The van der Waals surface area contributed by atoms with Crippen molar-refractivity contribution < 1.29 is 9.21 Å². The number of unbranched alkanes of at least 4 members (excludes halogenated alkanes) is 1. The van der Waals surface area contributed by atoms with Gasteiger partial charge in [0.25, 0.3) is 5.91 Å². The van der Waals surface area contributed by atoms with Crippen LogP contribution in [0.3, 0.4) is 0 Å². The summed E-state index contributed by atoms with van der Waals surface area (Å²) in [5.41, 5.74) is 6.73. The molecule has 0 radical (unpaired) electrons. The van der Waals surface area contributed by atoms with E-state index in [4.69, 9.17) is 10.2 Å². The molecule has 0 aliphatic heterocycles. The maximum Gasteiger partial charge on any atom is 0.252 e. The fraction of sp³-hybridized carbons (Fsp3) is 0.500. The second kappa shape index (κ2) is 4.12. The van der Waals surface area contributed by atoms with Crippen LogP contribution in [0.25, 0.3) is 0 Å². The molecule has 0 saturated heterocycles. The van der Waals surface area contributed by atoms with Crippen molar-refractivity contribution in [2.45, 2.75) is 33.1 Å². The van der Waals surface area contributed by atoms with E-state index in [2.05, 4.69) is 6.92 Å². The summed E-state index contributed by atoms with van der Waals surface area (Å²) in [5.74, 6) is 0.232. The van der Waals surface area contributed by atoms with Crippen molar-refractivity contribution in [3.05, 3.63) is 23.2 Å². The standard InChI is InChI=1S/C10H15NO2/c1-3-4-5-8-6-13-7(2)9(8)10(11)12/h6H,3-5H2,1-2H3,(H2,11,12). The first-order valence-corrected chi connectivity index (χ1v) is 4.53. The molecule has 2 N–H and O–H groups in total. The first kappa shape index (κ1) is 9.84. The van der Waals surface area contributed by atoms with E-state index in [1.54, 1.807) is 13.2 Å². The Morgan fingerprint density at radius 3 is 2.85 bits per heavy atom. The molecule has 0 aliphatic carbocycles. The molecule has 1 amide bonds. The molecular formula is C10H15NO2. The maximum atomic E-state index is 11.0. The average Bonchev–Trinajstić information content (AvgIpc) is 2.43. The zero-order valence-corrected chi connectivity index (χ0v) is 8.09. The number of carbonyl (C=O) groups excluding carboxylic acids is 1. The quantitative estimate of drug-likeness (QED) is 0.772. The Morgan fingerprint density at radius 1 is 1.62 bits per heavy atom. The van der Waals surface area contributed by atoms with Gasteiger partial charge in [-0.15, -0.1) is 0 Å². The maximum absolute atomic E-state index is 11.0. The van der Waals surface area contributed by atoms with Gasteiger partial charge < -0.3 is 10.2 Å². The summed E-state index contributed by atoms with van der Waals surface area (Å²) in [5, 5.41) is 0. The molecule has 0 aliphatic rings. The lowest BCUT2D eigenvalue weighted by Crippen LogP contribution is -2.13. The molecule has 1 aromatic heterocycles. The third-order valence-electron chi connectivity index (χ3n) is 2.10. The minimum atomic E-state index is -0.391. The summed E-state index contributed by atoms with van der Waals surface area (Å²) in [7, 11) is 0. The van der Waals surface area contributed by atoms with E-state index in [0.29, 0.717) is 11.3 Å². The van der Waals surface area contributed by atoms with Crippen molar-refractivity contribution in [3.8, 4) is 0 Å². The van der Waals surface area contributed by atoms with Crippen LogP contribution in [-0.4, -0.2) is 5.91 Å². The number of hydrogen-bond donors (Lipinski definition) is 1. The van der Waals surface area contributed by atoms with Gasteiger partial charge in [0.2, 0.25) is 0 Å². The van der Waals surface area contributed by atoms with Crippen molar-refractivity contribution >= 4 is 5.91 Å². The zero-order chi connectivity index (χ0) is 9.84. The highest BCUT2D eigenvalue weighted by atomic mass is 16.3. The molecule has 72 valence electrons. The summed E-state index contributed by atoms with van der Waals surface area (Å²) in [6.07, 6.45) is 4.65. The molecule has 0 bridgehead atoms. The van der Waals surface area contributed by atoms with Crippen LogP contribution in [-0.2, 0) is 6.42 Å². The van der Waals surface area contributed by atoms with E-state index in [0.717, 1.165) is 24.8 Å². The smallest absolute Gasteiger partial charge is 0.252 e. The van der Waals surface area contributed by atoms with Crippen LogP contribution in [0.4, 0.5) is 0 Å². The topological polar surface area (TPSA) is 56.2 Å². The van der Waals surface area contributed by atoms with Crippen LogP contribution >= 0.6 is 0 Å². The molecule has 13 heavy (non-hydrogen) atoms. The number of nitrogens with two attached hydrogens (primary N) is 1. The summed E-state index contributed by atoms with van der Waals surface area (Å²) >= 11 is 0. The number of carbonyl (C=O) groups is 1. The number of primary amides is 1. The van der Waals surface area contributed by atoms with Gasteiger partial charge in [-0.2, -0.15) is 0 Å². The first-order valence-electron chi connectivity index (χ1n) is 4.53. The van der Waals surface area contributed by atoms with Gasteiger partial charge in [0.05, 0.1) is 11.8 Å². The predicted octanol–water partition coefficient (Wildman–Crippen LogP) is 2.03. The number of aryl methyl sites for hydroxylation is 2. The molecule has 0 fully saturated rings. The van der Waals surface area contributed by atoms with Gasteiger partial charge in [-0.3, -0.25) is 4.79 Å². The molecule has 1 heterocycles. The molecule has 1 aromatic rings. The number of hydrogen-bond acceptors (Lipinski definition) is 2. The van der Waals surface area contributed by atoms with Crippen LogP contribution in [0, 0.1) is 6.92 Å². The van der Waals surface area contributed by atoms with Gasteiger partial charge in [0, 0.05) is 5.56 Å². The molecule has 0 unspecified atom stereocenters. The van der Waals surface area contributed by atoms with Gasteiger partial charge in [-0.1, -0.05) is 13.3 Å². The Bertz CT molecular complexity index is 302. The van der Waals surface area contributed by atoms with E-state index in [1.807, 2.05) is 0 Å². The van der Waals surface area contributed by atoms with Crippen LogP contribution in [0.5, 0.6) is 0 Å². The second-order valence-corrected chi connectivity index (χ2v) is 3.16. The van der Waals surface area contributed by atoms with E-state index in [1.165, 1.54) is 0 Å². The third kappa shape index (κ3) is 2.11. The highest BCUT2D eigenvalue weighted by Crippen LogP contribution is 2.17. The Hall–Kier alpha value is -1.25. The second-order valence-electron chi connectivity index (χ2n) is 3.16. The molecule has 0 aromatic carbocycles. The van der Waals surface area contributed by atoms with Crippen LogP contribution < -0.4 is 5.73 Å². The van der Waals surface area contributed by atoms with Crippen molar-refractivity contribution in [2.75, 3.05) is 0 Å². The van der Waals surface area contributed by atoms with Crippen LogP contribution in [0.2, 0.25) is 0 Å². The SMILES string of the molecule is CCCCc1coc(C)c1C(N)=O. The van der Waals surface area contributed by atoms with Gasteiger partial charge in [-0.05, 0) is 19.8 Å². The lowest BCUT2D eigenvalue weighted by molar-refractivity contribution is 0.0998. The largest absolute Gasteiger partial charge is 0.468 e. The fourth-order valence-electron chi connectivity index (χ4n) is 1.39. The number of amides is 1. The number of rotatable bonds is 4. The van der Waals surface area contributed by atoms with Gasteiger partial charge in [-0.25, -0.2) is 0 Å². The minimum Gasteiger partial charge on any atom is -0.468 e. The Labute approximate surface area is 77.9 Å². The Kier molecular flexibility index (Phi) is 3.12. The molecule has 1 rings (SSSR count). The fourth-order valence-corrected chi connectivity index (χ4v) is 1.39. The molecule has 0 spiro atoms. The van der Waals surface area contributed by atoms with Crippen LogP contribution in [0.1, 0.15) is 41.4 Å². The molecule has 3 heteroatoms. The lowest BCUT2D eigenvalue weighted by Gasteiger charge is -1.97. The van der Waals surface area contributed by atoms with Gasteiger partial charge in [0.15, 0.2) is 0 Å². The van der Waals surface area contributed by atoms with Gasteiger partial charge in [0.1, 0.15) is 5.76 Å². The zero-order valence-electron chi connectivity index (χ0n) is 8.09. The Balaban J connectivity index is 2.87. The minimum absolute atomic E-state index is 0.391. The normalized spacial score (nSPS) is 10.3.